The van der Waals surface area contributed by atoms with Crippen molar-refractivity contribution in [1.29, 1.82) is 0 Å². The maximum Gasteiger partial charge on any atom is 0.303 e. The second-order valence-corrected chi connectivity index (χ2v) is 8.32. The minimum atomic E-state index is -0.901. The Bertz CT molecular complexity index is 684. The summed E-state index contributed by atoms with van der Waals surface area (Å²) in [4.78, 5) is 35.0. The summed E-state index contributed by atoms with van der Waals surface area (Å²) in [5.41, 5.74) is 0. The summed E-state index contributed by atoms with van der Waals surface area (Å²) in [6.45, 7) is 7.47. The second-order valence-electron chi connectivity index (χ2n) is 8.32. The van der Waals surface area contributed by atoms with Gasteiger partial charge in [-0.05, 0) is 19.3 Å². The third-order valence-electron chi connectivity index (χ3n) is 5.82. The van der Waals surface area contributed by atoms with E-state index in [1.165, 1.54) is 20.8 Å². The summed E-state index contributed by atoms with van der Waals surface area (Å²) in [6.07, 6.45) is 2.26. The van der Waals surface area contributed by atoms with Gasteiger partial charge in [-0.1, -0.05) is 12.5 Å². The normalized spacial score (nSPS) is 32.5. The molecule has 0 radical (unpaired) electrons. The number of carbonyl (C=O) groups excluding carboxylic acids is 3. The Morgan fingerprint density at radius 2 is 1.71 bits per heavy atom. The van der Waals surface area contributed by atoms with Gasteiger partial charge in [0, 0.05) is 33.6 Å². The number of carbonyl (C=O) groups is 3. The third kappa shape index (κ3) is 5.64. The first-order valence-electron chi connectivity index (χ1n) is 10.8. The van der Waals surface area contributed by atoms with Crippen molar-refractivity contribution < 1.29 is 42.8 Å². The van der Waals surface area contributed by atoms with Crippen LogP contribution in [0.5, 0.6) is 0 Å². The van der Waals surface area contributed by atoms with E-state index in [0.29, 0.717) is 19.3 Å². The predicted octanol–water partition coefficient (Wildman–Crippen LogP) is 2.20. The van der Waals surface area contributed by atoms with Crippen LogP contribution in [0, 0.1) is 0 Å². The summed E-state index contributed by atoms with van der Waals surface area (Å²) in [7, 11) is 0. The zero-order chi connectivity index (χ0) is 22.6. The molecule has 0 bridgehead atoms. The highest BCUT2D eigenvalue weighted by atomic mass is 16.8. The number of hydrogen-bond donors (Lipinski definition) is 0. The molecule has 9 nitrogen and oxygen atoms in total. The standard InChI is InChI=1S/C22H32O9/c1-5-9-16-18(28-15(4)25)20-21(31-22(30-20)10-7-6-8-11-22)19(29-16)17(27-14(3)24)12-26-13(2)23/h5,16-21H,1,6-12H2,2-4H3/t16-,17+,18-,19-,20-,21+/m0/s1. The summed E-state index contributed by atoms with van der Waals surface area (Å²) in [5, 5.41) is 0. The van der Waals surface area contributed by atoms with Gasteiger partial charge in [-0.25, -0.2) is 0 Å². The Hall–Kier alpha value is -1.97. The molecule has 3 fully saturated rings. The lowest BCUT2D eigenvalue weighted by Crippen LogP contribution is -2.61. The highest BCUT2D eigenvalue weighted by Crippen LogP contribution is 2.46. The Labute approximate surface area is 182 Å². The second kappa shape index (κ2) is 10.1. The molecule has 174 valence electrons. The van der Waals surface area contributed by atoms with Gasteiger partial charge in [0.15, 0.2) is 18.0 Å². The van der Waals surface area contributed by atoms with E-state index in [2.05, 4.69) is 6.58 Å². The van der Waals surface area contributed by atoms with Crippen LogP contribution in [0.1, 0.15) is 59.3 Å². The maximum absolute atomic E-state index is 11.8. The van der Waals surface area contributed by atoms with Crippen molar-refractivity contribution in [3.8, 4) is 0 Å². The quantitative estimate of drug-likeness (QED) is 0.334. The van der Waals surface area contributed by atoms with Gasteiger partial charge < -0.3 is 28.4 Å². The van der Waals surface area contributed by atoms with Crippen LogP contribution >= 0.6 is 0 Å². The first-order chi connectivity index (χ1) is 14.7. The number of rotatable bonds is 7. The Morgan fingerprint density at radius 3 is 2.29 bits per heavy atom. The lowest BCUT2D eigenvalue weighted by atomic mass is 9.90. The summed E-state index contributed by atoms with van der Waals surface area (Å²) in [6, 6.07) is 0. The number of hydrogen-bond acceptors (Lipinski definition) is 9. The maximum atomic E-state index is 11.8. The van der Waals surface area contributed by atoms with E-state index in [1.54, 1.807) is 6.08 Å². The van der Waals surface area contributed by atoms with Gasteiger partial charge in [0.1, 0.15) is 31.0 Å². The molecule has 6 atom stereocenters. The summed E-state index contributed by atoms with van der Waals surface area (Å²) >= 11 is 0. The lowest BCUT2D eigenvalue weighted by molar-refractivity contribution is -0.232. The fourth-order valence-electron chi connectivity index (χ4n) is 4.66. The van der Waals surface area contributed by atoms with Crippen molar-refractivity contribution in [2.75, 3.05) is 6.61 Å². The molecule has 9 heteroatoms. The third-order valence-corrected chi connectivity index (χ3v) is 5.82. The first kappa shape index (κ1) is 23.7. The molecule has 1 spiro atoms. The molecule has 0 aromatic carbocycles. The minimum Gasteiger partial charge on any atom is -0.462 e. The van der Waals surface area contributed by atoms with Crippen molar-refractivity contribution in [1.82, 2.24) is 0 Å². The molecule has 1 saturated carbocycles. The van der Waals surface area contributed by atoms with Gasteiger partial charge in [0.25, 0.3) is 0 Å². The van der Waals surface area contributed by atoms with E-state index >= 15 is 0 Å². The highest BCUT2D eigenvalue weighted by Gasteiger charge is 2.60. The van der Waals surface area contributed by atoms with Crippen molar-refractivity contribution in [3.63, 3.8) is 0 Å². The highest BCUT2D eigenvalue weighted by molar-refractivity contribution is 5.67. The largest absolute Gasteiger partial charge is 0.462 e. The van der Waals surface area contributed by atoms with Gasteiger partial charge in [0.2, 0.25) is 0 Å². The van der Waals surface area contributed by atoms with E-state index in [1.807, 2.05) is 0 Å². The van der Waals surface area contributed by atoms with Gasteiger partial charge in [-0.3, -0.25) is 14.4 Å². The minimum absolute atomic E-state index is 0.182. The fraction of sp³-hybridized carbons (Fsp3) is 0.773. The molecule has 0 aromatic rings. The molecule has 2 aliphatic heterocycles. The summed E-state index contributed by atoms with van der Waals surface area (Å²) < 4.78 is 35.3. The van der Waals surface area contributed by atoms with Crippen LogP contribution in [-0.4, -0.2) is 66.9 Å². The van der Waals surface area contributed by atoms with Crippen LogP contribution in [0.3, 0.4) is 0 Å². The number of esters is 3. The molecule has 0 aromatic heterocycles. The predicted molar refractivity (Wildman–Crippen MR) is 107 cm³/mol. The van der Waals surface area contributed by atoms with Crippen molar-refractivity contribution >= 4 is 17.9 Å². The lowest BCUT2D eigenvalue weighted by Gasteiger charge is -2.43. The molecule has 0 N–H and O–H groups in total. The van der Waals surface area contributed by atoms with E-state index < -0.39 is 60.3 Å². The zero-order valence-electron chi connectivity index (χ0n) is 18.4. The molecule has 3 rings (SSSR count). The molecule has 1 aliphatic carbocycles. The SMILES string of the molecule is C=CC[C@@H]1O[C@@H]([C@@H](COC(C)=O)OC(C)=O)[C@H]2OC3(CCCCC3)O[C@H]2[C@H]1OC(C)=O. The Morgan fingerprint density at radius 1 is 1.03 bits per heavy atom. The van der Waals surface area contributed by atoms with Crippen molar-refractivity contribution in [3.05, 3.63) is 12.7 Å². The van der Waals surface area contributed by atoms with Crippen LogP contribution in [0.4, 0.5) is 0 Å². The first-order valence-corrected chi connectivity index (χ1v) is 10.8. The topological polar surface area (TPSA) is 107 Å². The number of ether oxygens (including phenoxy) is 6. The van der Waals surface area contributed by atoms with E-state index in [4.69, 9.17) is 28.4 Å². The fourth-order valence-corrected chi connectivity index (χ4v) is 4.66. The Kier molecular flexibility index (Phi) is 7.72. The molecular formula is C22H32O9. The van der Waals surface area contributed by atoms with Crippen LogP contribution in [-0.2, 0) is 42.8 Å². The molecule has 2 heterocycles. The molecule has 3 aliphatic rings. The van der Waals surface area contributed by atoms with Crippen LogP contribution in [0.2, 0.25) is 0 Å². The molecule has 0 amide bonds. The van der Waals surface area contributed by atoms with E-state index in [0.717, 1.165) is 19.3 Å². The summed E-state index contributed by atoms with van der Waals surface area (Å²) in [5.74, 6) is -2.29. The average Bonchev–Trinajstić information content (AvgIpc) is 3.05. The van der Waals surface area contributed by atoms with Gasteiger partial charge in [-0.15, -0.1) is 6.58 Å². The average molecular weight is 440 g/mol. The van der Waals surface area contributed by atoms with E-state index in [-0.39, 0.29) is 6.61 Å². The molecular weight excluding hydrogens is 408 g/mol. The smallest absolute Gasteiger partial charge is 0.303 e. The monoisotopic (exact) mass is 440 g/mol. The van der Waals surface area contributed by atoms with E-state index in [9.17, 15) is 14.4 Å². The van der Waals surface area contributed by atoms with Gasteiger partial charge in [0.05, 0.1) is 0 Å². The van der Waals surface area contributed by atoms with Crippen LogP contribution < -0.4 is 0 Å². The van der Waals surface area contributed by atoms with Crippen LogP contribution in [0.25, 0.3) is 0 Å². The van der Waals surface area contributed by atoms with Crippen molar-refractivity contribution in [2.24, 2.45) is 0 Å². The molecule has 2 saturated heterocycles. The number of fused-ring (bicyclic) bond motifs is 1. The van der Waals surface area contributed by atoms with Crippen molar-refractivity contribution in [2.45, 2.75) is 102 Å². The van der Waals surface area contributed by atoms with Crippen LogP contribution in [0.15, 0.2) is 12.7 Å². The van der Waals surface area contributed by atoms with Gasteiger partial charge >= 0.3 is 17.9 Å². The van der Waals surface area contributed by atoms with Gasteiger partial charge in [-0.2, -0.15) is 0 Å². The molecule has 0 unspecified atom stereocenters. The molecule has 31 heavy (non-hydrogen) atoms. The zero-order valence-corrected chi connectivity index (χ0v) is 18.4. The Balaban J connectivity index is 1.93.